The Hall–Kier alpha value is -2.51. The molecule has 0 bridgehead atoms. The topological polar surface area (TPSA) is 77.1 Å². The van der Waals surface area contributed by atoms with E-state index in [4.69, 9.17) is 14.2 Å². The van der Waals surface area contributed by atoms with Crippen LogP contribution in [0.2, 0.25) is 0 Å². The van der Waals surface area contributed by atoms with Gasteiger partial charge in [-0.3, -0.25) is 0 Å². The number of rotatable bonds is 5. The van der Waals surface area contributed by atoms with Gasteiger partial charge in [-0.2, -0.15) is 0 Å². The quantitative estimate of drug-likeness (QED) is 0.766. The van der Waals surface area contributed by atoms with Crippen LogP contribution in [0.4, 0.5) is 14.9 Å². The number of hydrogen-bond donors (Lipinski definition) is 1. The van der Waals surface area contributed by atoms with E-state index in [0.29, 0.717) is 30.1 Å². The monoisotopic (exact) mass is 396 g/mol. The van der Waals surface area contributed by atoms with Crippen molar-refractivity contribution in [2.75, 3.05) is 39.2 Å². The second-order valence-electron chi connectivity index (χ2n) is 7.88. The van der Waals surface area contributed by atoms with Gasteiger partial charge in [0.15, 0.2) is 0 Å². The molecule has 1 N–H and O–H groups in total. The van der Waals surface area contributed by atoms with E-state index >= 15 is 4.39 Å². The Kier molecular flexibility index (Phi) is 6.74. The molecule has 1 saturated heterocycles. The Morgan fingerprint density at radius 1 is 1.21 bits per heavy atom. The number of ether oxygens (including phenoxy) is 3. The average Bonchev–Trinajstić information content (AvgIpc) is 2.64. The largest absolute Gasteiger partial charge is 0.496 e. The molecule has 0 unspecified atom stereocenters. The molecule has 1 aliphatic rings. The molecule has 28 heavy (non-hydrogen) atoms. The third-order valence-electron chi connectivity index (χ3n) is 4.53. The minimum absolute atomic E-state index is 0.0931. The molecule has 0 spiro atoms. The Morgan fingerprint density at radius 2 is 1.86 bits per heavy atom. The highest BCUT2D eigenvalue weighted by Gasteiger charge is 2.37. The van der Waals surface area contributed by atoms with Crippen LogP contribution in [-0.2, 0) is 9.47 Å². The highest BCUT2D eigenvalue weighted by molar-refractivity contribution is 5.93. The van der Waals surface area contributed by atoms with Crippen LogP contribution in [0.15, 0.2) is 18.2 Å². The standard InChI is InChI=1S/C20H29FN2O5/c1-19(2,3)28-18(25)23-10-8-20(21,9-11-23)13-22-14-6-7-15(17(24)27-5)16(12-14)26-4/h6-7,12,22H,8-11,13H2,1-5H3. The maximum absolute atomic E-state index is 15.1. The van der Waals surface area contributed by atoms with E-state index in [9.17, 15) is 9.59 Å². The van der Waals surface area contributed by atoms with Crippen molar-refractivity contribution < 1.29 is 28.2 Å². The number of methoxy groups -OCH3 is 2. The molecule has 1 amide bonds. The Bertz CT molecular complexity index is 709. The van der Waals surface area contributed by atoms with Gasteiger partial charge in [-0.15, -0.1) is 0 Å². The van der Waals surface area contributed by atoms with Crippen molar-refractivity contribution >= 4 is 17.7 Å². The van der Waals surface area contributed by atoms with Gasteiger partial charge in [-0.05, 0) is 32.9 Å². The fourth-order valence-electron chi connectivity index (χ4n) is 2.93. The van der Waals surface area contributed by atoms with Gasteiger partial charge >= 0.3 is 12.1 Å². The van der Waals surface area contributed by atoms with Gasteiger partial charge in [0.05, 0.1) is 14.2 Å². The van der Waals surface area contributed by atoms with Crippen molar-refractivity contribution in [3.05, 3.63) is 23.8 Å². The van der Waals surface area contributed by atoms with Crippen LogP contribution in [0.5, 0.6) is 5.75 Å². The predicted octanol–water partition coefficient (Wildman–Crippen LogP) is 3.63. The van der Waals surface area contributed by atoms with Crippen LogP contribution < -0.4 is 10.1 Å². The number of likely N-dealkylation sites (tertiary alicyclic amines) is 1. The molecule has 0 saturated carbocycles. The van der Waals surface area contributed by atoms with Crippen molar-refractivity contribution in [3.8, 4) is 5.75 Å². The summed E-state index contributed by atoms with van der Waals surface area (Å²) in [5, 5.41) is 3.05. The van der Waals surface area contributed by atoms with Gasteiger partial charge in [0.2, 0.25) is 0 Å². The molecule has 0 atom stereocenters. The lowest BCUT2D eigenvalue weighted by Gasteiger charge is -2.37. The highest BCUT2D eigenvalue weighted by Crippen LogP contribution is 2.29. The SMILES string of the molecule is COC(=O)c1ccc(NCC2(F)CCN(C(=O)OC(C)(C)C)CC2)cc1OC. The fourth-order valence-corrected chi connectivity index (χ4v) is 2.93. The smallest absolute Gasteiger partial charge is 0.410 e. The van der Waals surface area contributed by atoms with E-state index in [2.05, 4.69) is 5.32 Å². The summed E-state index contributed by atoms with van der Waals surface area (Å²) in [6.45, 7) is 6.11. The van der Waals surface area contributed by atoms with Crippen molar-refractivity contribution in [2.24, 2.45) is 0 Å². The zero-order valence-electron chi connectivity index (χ0n) is 17.1. The van der Waals surface area contributed by atoms with Crippen molar-refractivity contribution in [1.29, 1.82) is 0 Å². The second kappa shape index (κ2) is 8.67. The van der Waals surface area contributed by atoms with E-state index < -0.39 is 23.3 Å². The number of halogens is 1. The summed E-state index contributed by atoms with van der Waals surface area (Å²) in [6.07, 6.45) is 0.0263. The molecule has 7 nitrogen and oxygen atoms in total. The Labute approximate surface area is 165 Å². The lowest BCUT2D eigenvalue weighted by Crippen LogP contribution is -2.48. The number of amides is 1. The lowest BCUT2D eigenvalue weighted by atomic mass is 9.93. The summed E-state index contributed by atoms with van der Waals surface area (Å²) in [5.41, 5.74) is -1.07. The van der Waals surface area contributed by atoms with E-state index in [1.54, 1.807) is 39.0 Å². The van der Waals surface area contributed by atoms with Crippen LogP contribution in [0.3, 0.4) is 0 Å². The first-order valence-electron chi connectivity index (χ1n) is 9.24. The molecule has 8 heteroatoms. The van der Waals surface area contributed by atoms with Crippen molar-refractivity contribution in [3.63, 3.8) is 0 Å². The summed E-state index contributed by atoms with van der Waals surface area (Å²) < 4.78 is 30.4. The summed E-state index contributed by atoms with van der Waals surface area (Å²) in [5.74, 6) is -0.149. The first-order valence-corrected chi connectivity index (χ1v) is 9.24. The Morgan fingerprint density at radius 3 is 2.39 bits per heavy atom. The van der Waals surface area contributed by atoms with Crippen LogP contribution in [0.25, 0.3) is 0 Å². The van der Waals surface area contributed by atoms with Gasteiger partial charge in [0, 0.05) is 44.2 Å². The number of alkyl halides is 1. The molecule has 1 aromatic rings. The van der Waals surface area contributed by atoms with Gasteiger partial charge < -0.3 is 24.4 Å². The molecule has 156 valence electrons. The summed E-state index contributed by atoms with van der Waals surface area (Å²) in [4.78, 5) is 25.3. The number of carbonyl (C=O) groups excluding carboxylic acids is 2. The fraction of sp³-hybridized carbons (Fsp3) is 0.600. The normalized spacial score (nSPS) is 16.3. The lowest BCUT2D eigenvalue weighted by molar-refractivity contribution is 0.00573. The molecular weight excluding hydrogens is 367 g/mol. The molecule has 1 fully saturated rings. The van der Waals surface area contributed by atoms with E-state index in [-0.39, 0.29) is 19.4 Å². The van der Waals surface area contributed by atoms with Gasteiger partial charge in [-0.25, -0.2) is 14.0 Å². The first kappa shape index (κ1) is 21.8. The summed E-state index contributed by atoms with van der Waals surface area (Å²) >= 11 is 0. The zero-order chi connectivity index (χ0) is 20.9. The molecule has 0 radical (unpaired) electrons. The average molecular weight is 396 g/mol. The van der Waals surface area contributed by atoms with Gasteiger partial charge in [0.1, 0.15) is 22.6 Å². The van der Waals surface area contributed by atoms with Crippen LogP contribution in [0, 0.1) is 0 Å². The second-order valence-corrected chi connectivity index (χ2v) is 7.88. The predicted molar refractivity (Wildman–Crippen MR) is 104 cm³/mol. The number of benzene rings is 1. The third-order valence-corrected chi connectivity index (χ3v) is 4.53. The number of esters is 1. The minimum atomic E-state index is -1.44. The van der Waals surface area contributed by atoms with Crippen LogP contribution >= 0.6 is 0 Å². The highest BCUT2D eigenvalue weighted by atomic mass is 19.1. The van der Waals surface area contributed by atoms with Crippen molar-refractivity contribution in [2.45, 2.75) is 44.9 Å². The van der Waals surface area contributed by atoms with Crippen LogP contribution in [0.1, 0.15) is 44.0 Å². The number of hydrogen-bond acceptors (Lipinski definition) is 6. The molecule has 0 aliphatic carbocycles. The van der Waals surface area contributed by atoms with Crippen LogP contribution in [-0.4, -0.2) is 62.1 Å². The summed E-state index contributed by atoms with van der Waals surface area (Å²) in [7, 11) is 2.75. The van der Waals surface area contributed by atoms with Gasteiger partial charge in [0.25, 0.3) is 0 Å². The Balaban J connectivity index is 1.93. The van der Waals surface area contributed by atoms with Gasteiger partial charge in [-0.1, -0.05) is 0 Å². The minimum Gasteiger partial charge on any atom is -0.496 e. The molecule has 2 rings (SSSR count). The number of carbonyl (C=O) groups is 2. The van der Waals surface area contributed by atoms with E-state index in [1.165, 1.54) is 19.1 Å². The number of anilines is 1. The molecule has 1 aromatic carbocycles. The molecular formula is C20H29FN2O5. The zero-order valence-corrected chi connectivity index (χ0v) is 17.1. The van der Waals surface area contributed by atoms with E-state index in [0.717, 1.165) is 0 Å². The summed E-state index contributed by atoms with van der Waals surface area (Å²) in [6, 6.07) is 4.88. The number of nitrogens with one attached hydrogen (secondary N) is 1. The first-order chi connectivity index (χ1) is 13.1. The molecule has 0 aromatic heterocycles. The molecule has 1 heterocycles. The molecule has 1 aliphatic heterocycles. The number of piperidine rings is 1. The maximum Gasteiger partial charge on any atom is 0.410 e. The van der Waals surface area contributed by atoms with Crippen molar-refractivity contribution in [1.82, 2.24) is 4.90 Å². The third kappa shape index (κ3) is 5.74. The number of nitrogens with zero attached hydrogens (tertiary/aromatic N) is 1. The van der Waals surface area contributed by atoms with E-state index in [1.807, 2.05) is 0 Å². The maximum atomic E-state index is 15.1.